The Balaban J connectivity index is 3.56. The van der Waals surface area contributed by atoms with E-state index in [2.05, 4.69) is 5.32 Å². The van der Waals surface area contributed by atoms with E-state index >= 15 is 0 Å². The summed E-state index contributed by atoms with van der Waals surface area (Å²) in [5.41, 5.74) is 2.87. The molecule has 0 fully saturated rings. The smallest absolute Gasteiger partial charge is 0.396 e. The zero-order chi connectivity index (χ0) is 11.8. The quantitative estimate of drug-likeness (QED) is 0.744. The molecule has 0 saturated carbocycles. The van der Waals surface area contributed by atoms with E-state index in [0.717, 1.165) is 4.57 Å². The lowest BCUT2D eigenvalue weighted by molar-refractivity contribution is -0.138. The van der Waals surface area contributed by atoms with Gasteiger partial charge in [-0.2, -0.15) is 13.2 Å². The fraction of sp³-hybridized carbons (Fsp3) is 0.375. The molecule has 0 unspecified atom stereocenters. The van der Waals surface area contributed by atoms with Crippen molar-refractivity contribution >= 4 is 11.5 Å². The first-order valence-electron chi connectivity index (χ1n) is 4.03. The molecule has 0 radical (unpaired) electrons. The Labute approximate surface area is 83.5 Å². The van der Waals surface area contributed by atoms with E-state index in [1.807, 2.05) is 0 Å². The minimum absolute atomic E-state index is 0.119. The third-order valence-corrected chi connectivity index (χ3v) is 1.99. The molecule has 0 aliphatic rings. The van der Waals surface area contributed by atoms with Gasteiger partial charge in [0.25, 0.3) is 5.56 Å². The minimum Gasteiger partial charge on any atom is -0.396 e. The molecule has 0 aliphatic carbocycles. The summed E-state index contributed by atoms with van der Waals surface area (Å²) in [7, 11) is 2.69. The second-order valence-electron chi connectivity index (χ2n) is 2.97. The van der Waals surface area contributed by atoms with E-state index in [9.17, 15) is 18.0 Å². The molecular weight excluding hydrogens is 211 g/mol. The van der Waals surface area contributed by atoms with Gasteiger partial charge in [-0.3, -0.25) is 9.36 Å². The number of nitrogens with two attached hydrogens (primary N) is 1. The standard InChI is InChI=1S/C8H10F3N3O/c1-13-6-5(12)3-4(8(9,10)11)7(15)14(6)2/h3,13H,12H2,1-2H3. The van der Waals surface area contributed by atoms with Crippen LogP contribution in [-0.4, -0.2) is 11.6 Å². The van der Waals surface area contributed by atoms with Crippen molar-refractivity contribution in [3.8, 4) is 0 Å². The number of hydrogen-bond donors (Lipinski definition) is 2. The van der Waals surface area contributed by atoms with Crippen LogP contribution in [0.4, 0.5) is 24.7 Å². The molecule has 1 heterocycles. The second-order valence-corrected chi connectivity index (χ2v) is 2.97. The minimum atomic E-state index is -4.69. The number of pyridine rings is 1. The molecule has 0 aliphatic heterocycles. The number of nitrogen functional groups attached to an aromatic ring is 1. The molecule has 0 atom stereocenters. The van der Waals surface area contributed by atoms with Gasteiger partial charge >= 0.3 is 6.18 Å². The van der Waals surface area contributed by atoms with Gasteiger partial charge in [0.1, 0.15) is 11.4 Å². The molecule has 0 saturated heterocycles. The first-order chi connectivity index (χ1) is 6.79. The monoisotopic (exact) mass is 221 g/mol. The first kappa shape index (κ1) is 11.4. The Morgan fingerprint density at radius 2 is 2.00 bits per heavy atom. The van der Waals surface area contributed by atoms with Crippen LogP contribution in [0.1, 0.15) is 5.56 Å². The molecule has 1 rings (SSSR count). The van der Waals surface area contributed by atoms with Crippen molar-refractivity contribution in [3.63, 3.8) is 0 Å². The Bertz CT molecular complexity index is 436. The summed E-state index contributed by atoms with van der Waals surface area (Å²) in [6, 6.07) is 0.633. The average molecular weight is 221 g/mol. The predicted molar refractivity (Wildman–Crippen MR) is 50.6 cm³/mol. The fourth-order valence-electron chi connectivity index (χ4n) is 1.28. The van der Waals surface area contributed by atoms with Crippen LogP contribution in [0.15, 0.2) is 10.9 Å². The molecule has 7 heteroatoms. The second kappa shape index (κ2) is 3.48. The van der Waals surface area contributed by atoms with Gasteiger partial charge in [-0.1, -0.05) is 0 Å². The first-order valence-corrected chi connectivity index (χ1v) is 4.03. The summed E-state index contributed by atoms with van der Waals surface area (Å²) in [5, 5.41) is 2.55. The van der Waals surface area contributed by atoms with E-state index in [1.165, 1.54) is 14.1 Å². The summed E-state index contributed by atoms with van der Waals surface area (Å²) in [4.78, 5) is 11.3. The van der Waals surface area contributed by atoms with E-state index in [1.54, 1.807) is 0 Å². The molecule has 0 aromatic carbocycles. The fourth-order valence-corrected chi connectivity index (χ4v) is 1.28. The normalized spacial score (nSPS) is 11.5. The van der Waals surface area contributed by atoms with Crippen molar-refractivity contribution in [2.45, 2.75) is 6.18 Å². The Kier molecular flexibility index (Phi) is 2.65. The predicted octanol–water partition coefficient (Wildman–Crippen LogP) is 1.03. The number of nitrogens with one attached hydrogen (secondary N) is 1. The lowest BCUT2D eigenvalue weighted by atomic mass is 10.2. The maximum absolute atomic E-state index is 12.4. The van der Waals surface area contributed by atoms with Gasteiger partial charge in [-0.25, -0.2) is 0 Å². The van der Waals surface area contributed by atoms with Crippen LogP contribution in [0.25, 0.3) is 0 Å². The van der Waals surface area contributed by atoms with E-state index in [-0.39, 0.29) is 11.5 Å². The van der Waals surface area contributed by atoms with Crippen LogP contribution < -0.4 is 16.6 Å². The van der Waals surface area contributed by atoms with Crippen molar-refractivity contribution in [1.29, 1.82) is 0 Å². The average Bonchev–Trinajstić information content (AvgIpc) is 2.10. The van der Waals surface area contributed by atoms with Crippen LogP contribution in [0, 0.1) is 0 Å². The summed E-state index contributed by atoms with van der Waals surface area (Å²) < 4.78 is 37.9. The molecule has 3 N–H and O–H groups in total. The Hall–Kier alpha value is -1.66. The molecule has 0 amide bonds. The maximum atomic E-state index is 12.4. The number of aromatic nitrogens is 1. The molecule has 1 aromatic heterocycles. The van der Waals surface area contributed by atoms with Gasteiger partial charge in [0.2, 0.25) is 0 Å². The van der Waals surface area contributed by atoms with Crippen molar-refractivity contribution in [1.82, 2.24) is 4.57 Å². The van der Waals surface area contributed by atoms with Crippen LogP contribution >= 0.6 is 0 Å². The highest BCUT2D eigenvalue weighted by Gasteiger charge is 2.35. The highest BCUT2D eigenvalue weighted by molar-refractivity contribution is 5.62. The highest BCUT2D eigenvalue weighted by atomic mass is 19.4. The number of alkyl halides is 3. The molecular formula is C8H10F3N3O. The van der Waals surface area contributed by atoms with Gasteiger partial charge in [0, 0.05) is 14.1 Å². The highest BCUT2D eigenvalue weighted by Crippen LogP contribution is 2.29. The van der Waals surface area contributed by atoms with Crippen molar-refractivity contribution in [2.75, 3.05) is 18.1 Å². The summed E-state index contributed by atoms with van der Waals surface area (Å²) >= 11 is 0. The largest absolute Gasteiger partial charge is 0.421 e. The van der Waals surface area contributed by atoms with Crippen molar-refractivity contribution < 1.29 is 13.2 Å². The summed E-state index contributed by atoms with van der Waals surface area (Å²) in [5.74, 6) is 0.160. The lowest BCUT2D eigenvalue weighted by Crippen LogP contribution is -2.29. The van der Waals surface area contributed by atoms with Gasteiger partial charge in [0.15, 0.2) is 0 Å². The van der Waals surface area contributed by atoms with Crippen LogP contribution in [0.5, 0.6) is 0 Å². The topological polar surface area (TPSA) is 60.0 Å². The SMILES string of the molecule is CNc1c(N)cc(C(F)(F)F)c(=O)n1C. The number of halogens is 3. The number of hydrogen-bond acceptors (Lipinski definition) is 3. The Morgan fingerprint density at radius 3 is 2.40 bits per heavy atom. The number of anilines is 2. The van der Waals surface area contributed by atoms with Gasteiger partial charge in [0.05, 0.1) is 5.69 Å². The third kappa shape index (κ3) is 1.90. The lowest BCUT2D eigenvalue weighted by Gasteiger charge is -2.14. The Morgan fingerprint density at radius 1 is 1.47 bits per heavy atom. The third-order valence-electron chi connectivity index (χ3n) is 1.99. The summed E-state index contributed by atoms with van der Waals surface area (Å²) in [6.45, 7) is 0. The molecule has 84 valence electrons. The maximum Gasteiger partial charge on any atom is 0.421 e. The van der Waals surface area contributed by atoms with Crippen LogP contribution in [0.3, 0.4) is 0 Å². The van der Waals surface area contributed by atoms with E-state index in [0.29, 0.717) is 6.07 Å². The zero-order valence-corrected chi connectivity index (χ0v) is 8.14. The molecule has 1 aromatic rings. The number of rotatable bonds is 1. The van der Waals surface area contributed by atoms with Gasteiger partial charge in [-0.05, 0) is 6.07 Å². The molecule has 0 spiro atoms. The number of nitrogens with zero attached hydrogens (tertiary/aromatic N) is 1. The molecule has 4 nitrogen and oxygen atoms in total. The van der Waals surface area contributed by atoms with E-state index < -0.39 is 17.3 Å². The molecule has 0 bridgehead atoms. The van der Waals surface area contributed by atoms with Gasteiger partial charge in [-0.15, -0.1) is 0 Å². The van der Waals surface area contributed by atoms with Crippen molar-refractivity contribution in [3.05, 3.63) is 22.0 Å². The van der Waals surface area contributed by atoms with Gasteiger partial charge < -0.3 is 11.1 Å². The molecule has 15 heavy (non-hydrogen) atoms. The summed E-state index contributed by atoms with van der Waals surface area (Å²) in [6.07, 6.45) is -4.69. The van der Waals surface area contributed by atoms with Crippen LogP contribution in [0.2, 0.25) is 0 Å². The zero-order valence-electron chi connectivity index (χ0n) is 8.14. The van der Waals surface area contributed by atoms with Crippen molar-refractivity contribution in [2.24, 2.45) is 7.05 Å². The van der Waals surface area contributed by atoms with Crippen LogP contribution in [-0.2, 0) is 13.2 Å². The van der Waals surface area contributed by atoms with E-state index in [4.69, 9.17) is 5.73 Å².